The molecule has 0 fully saturated rings. The highest BCUT2D eigenvalue weighted by molar-refractivity contribution is 6.20. The molecule has 1 heterocycles. The van der Waals surface area contributed by atoms with Crippen molar-refractivity contribution in [3.63, 3.8) is 0 Å². The third-order valence-corrected chi connectivity index (χ3v) is 2.79. The normalized spacial score (nSPS) is 19.2. The fourth-order valence-electron chi connectivity index (χ4n) is 1.92. The average molecular weight is 203 g/mol. The van der Waals surface area contributed by atoms with Gasteiger partial charge in [0.05, 0.1) is 11.6 Å². The molecule has 0 N–H and O–H groups in total. The topological polar surface area (TPSA) is 37.4 Å². The first-order valence-electron chi connectivity index (χ1n) is 5.12. The predicted molar refractivity (Wildman–Crippen MR) is 57.6 cm³/mol. The van der Waals surface area contributed by atoms with Crippen LogP contribution in [0.1, 0.15) is 31.7 Å². The second-order valence-electron chi connectivity index (χ2n) is 3.70. The van der Waals surface area contributed by atoms with E-state index in [0.29, 0.717) is 6.42 Å². The minimum Gasteiger partial charge on any atom is -0.274 e. The van der Waals surface area contributed by atoms with Crippen LogP contribution in [0.25, 0.3) is 0 Å². The average Bonchev–Trinajstić information content (AvgIpc) is 2.52. The summed E-state index contributed by atoms with van der Waals surface area (Å²) in [6.45, 7) is 3.60. The number of carbonyl (C=O) groups is 2. The highest BCUT2D eigenvalue weighted by atomic mass is 16.2. The van der Waals surface area contributed by atoms with Crippen LogP contribution in [-0.2, 0) is 9.59 Å². The Hall–Kier alpha value is -1.64. The van der Waals surface area contributed by atoms with E-state index in [1.165, 1.54) is 4.90 Å². The van der Waals surface area contributed by atoms with E-state index in [-0.39, 0.29) is 17.7 Å². The smallest absolute Gasteiger partial charge is 0.241 e. The van der Waals surface area contributed by atoms with Crippen LogP contribution in [0.4, 0.5) is 5.69 Å². The highest BCUT2D eigenvalue weighted by Crippen LogP contribution is 2.36. The van der Waals surface area contributed by atoms with Gasteiger partial charge in [-0.2, -0.15) is 0 Å². The number of fused-ring (bicyclic) bond motifs is 1. The Morgan fingerprint density at radius 1 is 1.40 bits per heavy atom. The maximum absolute atomic E-state index is 11.9. The number of nitrogens with zero attached hydrogens (tertiary/aromatic N) is 1. The van der Waals surface area contributed by atoms with Gasteiger partial charge in [-0.15, -0.1) is 0 Å². The molecule has 0 spiro atoms. The quantitative estimate of drug-likeness (QED) is 0.700. The summed E-state index contributed by atoms with van der Waals surface area (Å²) in [5.74, 6) is -0.434. The van der Waals surface area contributed by atoms with Crippen molar-refractivity contribution in [1.82, 2.24) is 0 Å². The molecule has 1 aromatic rings. The van der Waals surface area contributed by atoms with E-state index in [4.69, 9.17) is 0 Å². The molecule has 1 unspecified atom stereocenters. The zero-order valence-electron chi connectivity index (χ0n) is 8.86. The van der Waals surface area contributed by atoms with Gasteiger partial charge in [-0.1, -0.05) is 25.1 Å². The zero-order valence-corrected chi connectivity index (χ0v) is 8.86. The van der Waals surface area contributed by atoms with Crippen molar-refractivity contribution in [3.05, 3.63) is 29.8 Å². The Kier molecular flexibility index (Phi) is 2.31. The van der Waals surface area contributed by atoms with Gasteiger partial charge in [0.15, 0.2) is 0 Å². The number of carbonyl (C=O) groups excluding carboxylic acids is 2. The van der Waals surface area contributed by atoms with Gasteiger partial charge in [-0.05, 0) is 18.6 Å². The van der Waals surface area contributed by atoms with E-state index in [0.717, 1.165) is 11.3 Å². The standard InChI is InChI=1S/C12H13NO2/c1-3-11(14)13-10-7-5-4-6-9(10)8(2)12(13)15/h4-8H,3H2,1-2H3. The van der Waals surface area contributed by atoms with E-state index >= 15 is 0 Å². The van der Waals surface area contributed by atoms with Gasteiger partial charge >= 0.3 is 0 Å². The Morgan fingerprint density at radius 2 is 2.07 bits per heavy atom. The molecule has 1 aliphatic heterocycles. The number of imide groups is 1. The van der Waals surface area contributed by atoms with Crippen molar-refractivity contribution in [2.75, 3.05) is 4.90 Å². The van der Waals surface area contributed by atoms with Crippen LogP contribution in [0.3, 0.4) is 0 Å². The molecule has 2 rings (SSSR count). The van der Waals surface area contributed by atoms with Crippen LogP contribution in [0, 0.1) is 0 Å². The first-order chi connectivity index (χ1) is 7.16. The molecule has 0 radical (unpaired) electrons. The maximum Gasteiger partial charge on any atom is 0.241 e. The molecule has 0 aromatic heterocycles. The van der Waals surface area contributed by atoms with Gasteiger partial charge in [0.1, 0.15) is 0 Å². The van der Waals surface area contributed by atoms with Crippen LogP contribution in [-0.4, -0.2) is 11.8 Å². The molecule has 0 bridgehead atoms. The maximum atomic E-state index is 11.9. The molecule has 0 saturated carbocycles. The molecule has 2 amide bonds. The number of benzene rings is 1. The number of anilines is 1. The van der Waals surface area contributed by atoms with Crippen molar-refractivity contribution < 1.29 is 9.59 Å². The van der Waals surface area contributed by atoms with E-state index in [2.05, 4.69) is 0 Å². The van der Waals surface area contributed by atoms with Crippen LogP contribution in [0.15, 0.2) is 24.3 Å². The van der Waals surface area contributed by atoms with Crippen molar-refractivity contribution >= 4 is 17.5 Å². The van der Waals surface area contributed by atoms with Gasteiger partial charge < -0.3 is 0 Å². The van der Waals surface area contributed by atoms with Crippen LogP contribution in [0.2, 0.25) is 0 Å². The summed E-state index contributed by atoms with van der Waals surface area (Å²) in [5.41, 5.74) is 1.70. The van der Waals surface area contributed by atoms with Crippen LogP contribution >= 0.6 is 0 Å². The van der Waals surface area contributed by atoms with Gasteiger partial charge in [0, 0.05) is 6.42 Å². The van der Waals surface area contributed by atoms with Crippen molar-refractivity contribution in [2.45, 2.75) is 26.2 Å². The van der Waals surface area contributed by atoms with Gasteiger partial charge in [-0.3, -0.25) is 9.59 Å². The first-order valence-corrected chi connectivity index (χ1v) is 5.12. The summed E-state index contributed by atoms with van der Waals surface area (Å²) in [5, 5.41) is 0. The minimum atomic E-state index is -0.198. The third-order valence-electron chi connectivity index (χ3n) is 2.79. The number of hydrogen-bond donors (Lipinski definition) is 0. The lowest BCUT2D eigenvalue weighted by molar-refractivity contribution is -0.126. The van der Waals surface area contributed by atoms with Crippen molar-refractivity contribution in [2.24, 2.45) is 0 Å². The summed E-state index contributed by atoms with van der Waals surface area (Å²) < 4.78 is 0. The van der Waals surface area contributed by atoms with E-state index < -0.39 is 0 Å². The van der Waals surface area contributed by atoms with E-state index in [1.54, 1.807) is 6.92 Å². The largest absolute Gasteiger partial charge is 0.274 e. The molecule has 15 heavy (non-hydrogen) atoms. The second-order valence-corrected chi connectivity index (χ2v) is 3.70. The molecule has 0 saturated heterocycles. The molecule has 1 atom stereocenters. The SMILES string of the molecule is CCC(=O)N1C(=O)C(C)c2ccccc21. The van der Waals surface area contributed by atoms with Crippen molar-refractivity contribution in [1.29, 1.82) is 0 Å². The van der Waals surface area contributed by atoms with Gasteiger partial charge in [0.25, 0.3) is 0 Å². The zero-order chi connectivity index (χ0) is 11.0. The first kappa shape index (κ1) is 9.90. The summed E-state index contributed by atoms with van der Waals surface area (Å²) in [7, 11) is 0. The van der Waals surface area contributed by atoms with E-state index in [9.17, 15) is 9.59 Å². The minimum absolute atomic E-state index is 0.108. The Morgan fingerprint density at radius 3 is 2.73 bits per heavy atom. The number of rotatable bonds is 1. The summed E-state index contributed by atoms with van der Waals surface area (Å²) in [6.07, 6.45) is 0.354. The molecule has 1 aliphatic rings. The highest BCUT2D eigenvalue weighted by Gasteiger charge is 2.36. The number of amides is 2. The van der Waals surface area contributed by atoms with Crippen LogP contribution in [0.5, 0.6) is 0 Å². The van der Waals surface area contributed by atoms with Crippen LogP contribution < -0.4 is 4.90 Å². The monoisotopic (exact) mass is 203 g/mol. The lowest BCUT2D eigenvalue weighted by Gasteiger charge is -2.14. The molecular formula is C12H13NO2. The van der Waals surface area contributed by atoms with Crippen molar-refractivity contribution in [3.8, 4) is 0 Å². The molecule has 3 heteroatoms. The Labute approximate surface area is 88.7 Å². The lowest BCUT2D eigenvalue weighted by atomic mass is 10.0. The molecule has 0 aliphatic carbocycles. The fourth-order valence-corrected chi connectivity index (χ4v) is 1.92. The number of hydrogen-bond acceptors (Lipinski definition) is 2. The fraction of sp³-hybridized carbons (Fsp3) is 0.333. The van der Waals surface area contributed by atoms with E-state index in [1.807, 2.05) is 31.2 Å². The van der Waals surface area contributed by atoms with Gasteiger partial charge in [-0.25, -0.2) is 4.90 Å². The predicted octanol–water partition coefficient (Wildman–Crippen LogP) is 2.07. The molecule has 78 valence electrons. The second kappa shape index (κ2) is 3.50. The summed E-state index contributed by atoms with van der Waals surface area (Å²) in [6, 6.07) is 7.47. The summed E-state index contributed by atoms with van der Waals surface area (Å²) in [4.78, 5) is 24.8. The van der Waals surface area contributed by atoms with Gasteiger partial charge in [0.2, 0.25) is 11.8 Å². The molecular weight excluding hydrogens is 190 g/mol. The number of para-hydroxylation sites is 1. The Bertz CT molecular complexity index is 425. The molecule has 1 aromatic carbocycles. The molecule has 3 nitrogen and oxygen atoms in total. The summed E-state index contributed by atoms with van der Waals surface area (Å²) >= 11 is 0. The lowest BCUT2D eigenvalue weighted by Crippen LogP contribution is -2.33. The third kappa shape index (κ3) is 1.35. The Balaban J connectivity index is 2.51.